The zero-order chi connectivity index (χ0) is 60.4. The minimum atomic E-state index is -1.05. The maximum atomic E-state index is 14.5. The van der Waals surface area contributed by atoms with Crippen LogP contribution in [0.15, 0.2) is 90.8 Å². The van der Waals surface area contributed by atoms with Gasteiger partial charge in [0.2, 0.25) is 11.8 Å². The number of thiazole rings is 1. The van der Waals surface area contributed by atoms with Crippen LogP contribution in [-0.2, 0) is 41.6 Å². The van der Waals surface area contributed by atoms with Crippen molar-refractivity contribution >= 4 is 68.2 Å². The number of phenols is 1. The number of nitrogens with one attached hydrogen (secondary N) is 2. The number of carbonyl (C=O) groups excluding carboxylic acids is 4. The molecule has 11 rings (SSSR count). The first-order valence-corrected chi connectivity index (χ1v) is 32.0. The Morgan fingerprint density at radius 2 is 1.55 bits per heavy atom. The molecule has 4 aromatic carbocycles. The number of hydrogen-bond donors (Lipinski definition) is 3. The van der Waals surface area contributed by atoms with Crippen LogP contribution in [-0.4, -0.2) is 175 Å². The van der Waals surface area contributed by atoms with Gasteiger partial charge in [-0.05, 0) is 99.8 Å². The van der Waals surface area contributed by atoms with Gasteiger partial charge in [-0.3, -0.25) is 19.3 Å². The molecule has 462 valence electrons. The summed E-state index contributed by atoms with van der Waals surface area (Å²) in [5.41, 5.74) is 4.78. The number of rotatable bonds is 22. The second kappa shape index (κ2) is 28.5. The topological polar surface area (TPSA) is 214 Å². The first kappa shape index (κ1) is 61.1. The van der Waals surface area contributed by atoms with Gasteiger partial charge in [-0.15, -0.1) is 11.3 Å². The molecule has 0 bridgehead atoms. The van der Waals surface area contributed by atoms with Crippen LogP contribution in [0.5, 0.6) is 17.5 Å². The Balaban J connectivity index is 0.637. The Morgan fingerprint density at radius 1 is 0.793 bits per heavy atom. The zero-order valence-corrected chi connectivity index (χ0v) is 51.1. The van der Waals surface area contributed by atoms with Gasteiger partial charge in [0.1, 0.15) is 41.1 Å². The van der Waals surface area contributed by atoms with Crippen molar-refractivity contribution in [3.8, 4) is 28.8 Å². The molecule has 1 saturated carbocycles. The lowest BCUT2D eigenvalue weighted by atomic mass is 9.83. The van der Waals surface area contributed by atoms with Crippen LogP contribution in [0.3, 0.4) is 0 Å². The standard InChI is InChI=1S/C66H82N10O10S/c1-5-59(78)73-30-32-74(33-31-73)61-53-25-29-75(57-39-47(77)38-46-16-9-10-17-49(46)57)41-54(53)69-65(71-61)85-43(2)40-72-27-23-48(24-28-72)83-36-34-82-35-37-84-58-22-21-51(50-18-11-12-19-52(50)58)55-42-87-63(68-55)56-20-13-26-76(56)64(80)60(45-14-7-6-8-15-45)70-62(79)44(3)86-66(81)67-4/h5,9-12,16-19,21-22,38-39,42-45,48,56,60,77H,1,6-8,13-15,20,23-37,40-41H2,2-4H3,(H,67,81)(H,70,79)/t43?,44?,56-,60?/m0/s1. The van der Waals surface area contributed by atoms with E-state index in [-0.39, 0.29) is 41.7 Å². The van der Waals surface area contributed by atoms with E-state index in [1.165, 1.54) is 20.0 Å². The number of carbonyl (C=O) groups is 4. The molecule has 87 heavy (non-hydrogen) atoms. The van der Waals surface area contributed by atoms with E-state index < -0.39 is 24.1 Å². The van der Waals surface area contributed by atoms with Crippen molar-refractivity contribution in [3.05, 3.63) is 107 Å². The summed E-state index contributed by atoms with van der Waals surface area (Å²) in [4.78, 5) is 78.2. The molecule has 2 aromatic heterocycles. The van der Waals surface area contributed by atoms with E-state index in [1.54, 1.807) is 17.4 Å². The number of phenolic OH excluding ortho intramolecular Hbond substituents is 1. The number of piperazine rings is 1. The lowest BCUT2D eigenvalue weighted by molar-refractivity contribution is -0.141. The molecule has 4 amide bonds. The summed E-state index contributed by atoms with van der Waals surface area (Å²) in [7, 11) is 1.44. The molecule has 4 fully saturated rings. The van der Waals surface area contributed by atoms with Crippen LogP contribution in [0.1, 0.15) is 93.9 Å². The molecule has 21 heteroatoms. The number of benzene rings is 4. The normalized spacial score (nSPS) is 18.9. The first-order chi connectivity index (χ1) is 42.4. The van der Waals surface area contributed by atoms with Crippen molar-refractivity contribution in [2.24, 2.45) is 5.92 Å². The maximum Gasteiger partial charge on any atom is 0.407 e. The summed E-state index contributed by atoms with van der Waals surface area (Å²) in [5, 5.41) is 23.1. The molecule has 3 unspecified atom stereocenters. The van der Waals surface area contributed by atoms with E-state index >= 15 is 0 Å². The van der Waals surface area contributed by atoms with Gasteiger partial charge in [-0.2, -0.15) is 9.97 Å². The van der Waals surface area contributed by atoms with Gasteiger partial charge in [0.25, 0.3) is 5.91 Å². The van der Waals surface area contributed by atoms with Crippen LogP contribution in [0.4, 0.5) is 16.3 Å². The average molecular weight is 1210 g/mol. The Labute approximate surface area is 513 Å². The number of hydrogen-bond acceptors (Lipinski definition) is 17. The number of nitrogens with zero attached hydrogens (tertiary/aromatic N) is 8. The fourth-order valence-electron chi connectivity index (χ4n) is 13.2. The van der Waals surface area contributed by atoms with Crippen LogP contribution < -0.4 is 29.9 Å². The molecule has 0 radical (unpaired) electrons. The highest BCUT2D eigenvalue weighted by molar-refractivity contribution is 7.10. The zero-order valence-electron chi connectivity index (χ0n) is 50.3. The third-order valence-electron chi connectivity index (χ3n) is 17.7. The number of ether oxygens (including phenoxy) is 5. The molecule has 4 aliphatic heterocycles. The molecule has 20 nitrogen and oxygen atoms in total. The Kier molecular flexibility index (Phi) is 20.0. The molecule has 6 aromatic rings. The average Bonchev–Trinajstić information content (AvgIpc) is 3.07. The van der Waals surface area contributed by atoms with Crippen molar-refractivity contribution in [2.45, 2.75) is 115 Å². The number of alkyl carbamates (subject to hydrolysis) is 1. The summed E-state index contributed by atoms with van der Waals surface area (Å²) < 4.78 is 30.4. The summed E-state index contributed by atoms with van der Waals surface area (Å²) >= 11 is 1.55. The summed E-state index contributed by atoms with van der Waals surface area (Å²) in [6.07, 6.45) is 8.54. The number of fused-ring (bicyclic) bond motifs is 3. The fourth-order valence-corrected chi connectivity index (χ4v) is 14.1. The monoisotopic (exact) mass is 1210 g/mol. The summed E-state index contributed by atoms with van der Waals surface area (Å²) in [6, 6.07) is 23.4. The largest absolute Gasteiger partial charge is 0.508 e. The van der Waals surface area contributed by atoms with Crippen molar-refractivity contribution in [2.75, 3.05) is 102 Å². The highest BCUT2D eigenvalue weighted by atomic mass is 32.1. The fraction of sp³-hybridized carbons (Fsp3) is 0.500. The maximum absolute atomic E-state index is 14.5. The molecule has 6 heterocycles. The molecule has 0 spiro atoms. The number of amides is 4. The number of anilines is 2. The van der Waals surface area contributed by atoms with Gasteiger partial charge in [0.15, 0.2) is 6.10 Å². The molecule has 4 atom stereocenters. The Hall–Kier alpha value is -7.59. The molecule has 3 N–H and O–H groups in total. The number of likely N-dealkylation sites (tertiary alicyclic amines) is 2. The van der Waals surface area contributed by atoms with E-state index in [9.17, 15) is 24.3 Å². The predicted molar refractivity (Wildman–Crippen MR) is 335 cm³/mol. The van der Waals surface area contributed by atoms with Crippen molar-refractivity contribution in [3.63, 3.8) is 0 Å². The molecule has 3 saturated heterocycles. The molecular weight excluding hydrogens is 1120 g/mol. The van der Waals surface area contributed by atoms with Crippen LogP contribution in [0.25, 0.3) is 32.8 Å². The molecular formula is C66H82N10O10S. The van der Waals surface area contributed by atoms with Crippen LogP contribution >= 0.6 is 11.3 Å². The number of piperidine rings is 1. The van der Waals surface area contributed by atoms with E-state index in [0.29, 0.717) is 78.3 Å². The summed E-state index contributed by atoms with van der Waals surface area (Å²) in [6.45, 7) is 15.8. The second-order valence-electron chi connectivity index (χ2n) is 23.5. The van der Waals surface area contributed by atoms with Crippen molar-refractivity contribution < 1.29 is 48.0 Å². The van der Waals surface area contributed by atoms with Gasteiger partial charge in [-0.25, -0.2) is 9.78 Å². The molecule has 1 aliphatic carbocycles. The minimum Gasteiger partial charge on any atom is -0.508 e. The Morgan fingerprint density at radius 3 is 2.33 bits per heavy atom. The SMILES string of the molecule is C=CC(=O)N1CCN(c2nc(OC(C)CN3CCC(OCCOCCOc4ccc(-c5csc([C@@H]6CCCN6C(=O)C(NC(=O)C(C)OC(=O)NC)C6CCCCC6)n5)c5ccccc45)CC3)nc3c2CCN(c2cc(O)cc4ccccc24)C3)CC1. The highest BCUT2D eigenvalue weighted by Gasteiger charge is 2.41. The minimum absolute atomic E-state index is 0.00224. The van der Waals surface area contributed by atoms with Gasteiger partial charge in [0.05, 0.1) is 49.9 Å². The van der Waals surface area contributed by atoms with E-state index in [0.717, 1.165) is 150 Å². The third kappa shape index (κ3) is 14.5. The van der Waals surface area contributed by atoms with Crippen molar-refractivity contribution in [1.82, 2.24) is 40.3 Å². The van der Waals surface area contributed by atoms with E-state index in [2.05, 4.69) is 62.4 Å². The van der Waals surface area contributed by atoms with Gasteiger partial charge >= 0.3 is 12.1 Å². The predicted octanol–water partition coefficient (Wildman–Crippen LogP) is 8.83. The lowest BCUT2D eigenvalue weighted by Crippen LogP contribution is -2.54. The smallest absolute Gasteiger partial charge is 0.407 e. The van der Waals surface area contributed by atoms with Crippen LogP contribution in [0.2, 0.25) is 0 Å². The quantitative estimate of drug-likeness (QED) is 0.0428. The first-order valence-electron chi connectivity index (χ1n) is 31.1. The Bertz CT molecular complexity index is 3400. The number of aromatic nitrogens is 3. The van der Waals surface area contributed by atoms with E-state index in [1.807, 2.05) is 58.3 Å². The highest BCUT2D eigenvalue weighted by Crippen LogP contribution is 2.41. The van der Waals surface area contributed by atoms with Gasteiger partial charge in [0, 0.05) is 105 Å². The number of aromatic hydroxyl groups is 1. The van der Waals surface area contributed by atoms with Gasteiger partial charge in [-0.1, -0.05) is 74.4 Å². The third-order valence-corrected chi connectivity index (χ3v) is 18.7. The van der Waals surface area contributed by atoms with E-state index in [4.69, 9.17) is 38.6 Å². The second-order valence-corrected chi connectivity index (χ2v) is 24.4. The van der Waals surface area contributed by atoms with Crippen LogP contribution in [0, 0.1) is 5.92 Å². The van der Waals surface area contributed by atoms with Crippen molar-refractivity contribution in [1.29, 1.82) is 0 Å². The molecule has 5 aliphatic rings. The summed E-state index contributed by atoms with van der Waals surface area (Å²) in [5.74, 6) is 1.21. The van der Waals surface area contributed by atoms with Gasteiger partial charge < -0.3 is 59.0 Å². The lowest BCUT2D eigenvalue weighted by Gasteiger charge is -2.38.